The molecule has 1 amide bonds. The van der Waals surface area contributed by atoms with Crippen molar-refractivity contribution in [1.29, 1.82) is 0 Å². The van der Waals surface area contributed by atoms with Gasteiger partial charge in [0.05, 0.1) is 5.60 Å². The Morgan fingerprint density at radius 1 is 1.40 bits per heavy atom. The van der Waals surface area contributed by atoms with E-state index in [9.17, 15) is 9.90 Å². The molecule has 0 fully saturated rings. The summed E-state index contributed by atoms with van der Waals surface area (Å²) in [7, 11) is 3.37. The van der Waals surface area contributed by atoms with Crippen molar-refractivity contribution in [2.75, 3.05) is 27.3 Å². The summed E-state index contributed by atoms with van der Waals surface area (Å²) in [5.41, 5.74) is -0.822. The molecule has 0 saturated carbocycles. The molecule has 0 bridgehead atoms. The highest BCUT2D eigenvalue weighted by Crippen LogP contribution is 2.06. The monoisotopic (exact) mass is 217 g/mol. The summed E-state index contributed by atoms with van der Waals surface area (Å²) >= 11 is 0. The van der Waals surface area contributed by atoms with Crippen molar-refractivity contribution in [2.45, 2.75) is 38.7 Å². The zero-order valence-electron chi connectivity index (χ0n) is 10.2. The van der Waals surface area contributed by atoms with Crippen molar-refractivity contribution in [3.8, 4) is 0 Å². The van der Waals surface area contributed by atoms with Crippen LogP contribution in [0.1, 0.15) is 33.1 Å². The minimum atomic E-state index is -0.822. The summed E-state index contributed by atoms with van der Waals surface area (Å²) < 4.78 is 4.90. The van der Waals surface area contributed by atoms with E-state index in [2.05, 4.69) is 0 Å². The van der Waals surface area contributed by atoms with Gasteiger partial charge < -0.3 is 14.7 Å². The Morgan fingerprint density at radius 2 is 2.00 bits per heavy atom. The van der Waals surface area contributed by atoms with Gasteiger partial charge in [0, 0.05) is 33.7 Å². The van der Waals surface area contributed by atoms with E-state index in [0.29, 0.717) is 19.6 Å². The minimum Gasteiger partial charge on any atom is -0.389 e. The van der Waals surface area contributed by atoms with Gasteiger partial charge >= 0.3 is 0 Å². The van der Waals surface area contributed by atoms with E-state index in [1.807, 2.05) is 0 Å². The highest BCUT2D eigenvalue weighted by Gasteiger charge is 2.18. The van der Waals surface area contributed by atoms with E-state index in [1.165, 1.54) is 0 Å². The van der Waals surface area contributed by atoms with Gasteiger partial charge in [-0.3, -0.25) is 4.79 Å². The van der Waals surface area contributed by atoms with Gasteiger partial charge in [-0.05, 0) is 26.7 Å². The zero-order chi connectivity index (χ0) is 11.9. The fourth-order valence-corrected chi connectivity index (χ4v) is 1.38. The van der Waals surface area contributed by atoms with Gasteiger partial charge in [-0.2, -0.15) is 0 Å². The number of carbonyl (C=O) groups is 1. The number of hydrogen-bond acceptors (Lipinski definition) is 3. The van der Waals surface area contributed by atoms with E-state index in [1.54, 1.807) is 32.9 Å². The molecule has 0 aromatic rings. The first-order valence-corrected chi connectivity index (χ1v) is 5.32. The van der Waals surface area contributed by atoms with Crippen LogP contribution in [-0.4, -0.2) is 48.8 Å². The number of aliphatic hydroxyl groups is 1. The molecule has 0 unspecified atom stereocenters. The number of methoxy groups -OCH3 is 1. The molecule has 0 aromatic carbocycles. The van der Waals surface area contributed by atoms with Crippen molar-refractivity contribution in [1.82, 2.24) is 4.90 Å². The minimum absolute atomic E-state index is 0.0771. The fourth-order valence-electron chi connectivity index (χ4n) is 1.38. The summed E-state index contributed by atoms with van der Waals surface area (Å²) in [6.45, 7) is 4.46. The summed E-state index contributed by atoms with van der Waals surface area (Å²) in [5, 5.41) is 9.53. The predicted octanol–water partition coefficient (Wildman–Crippen LogP) is 1.03. The maximum atomic E-state index is 11.6. The molecular formula is C11H23NO3. The Kier molecular flexibility index (Phi) is 6.52. The van der Waals surface area contributed by atoms with Gasteiger partial charge in [-0.1, -0.05) is 0 Å². The smallest absolute Gasteiger partial charge is 0.222 e. The third-order valence-electron chi connectivity index (χ3n) is 2.04. The molecule has 0 spiro atoms. The molecule has 0 aliphatic rings. The van der Waals surface area contributed by atoms with Crippen molar-refractivity contribution < 1.29 is 14.6 Å². The third-order valence-corrected chi connectivity index (χ3v) is 2.04. The number of unbranched alkanes of at least 4 members (excludes halogenated alkanes) is 1. The predicted molar refractivity (Wildman–Crippen MR) is 59.7 cm³/mol. The average molecular weight is 217 g/mol. The number of nitrogens with zero attached hydrogens (tertiary/aromatic N) is 1. The van der Waals surface area contributed by atoms with E-state index in [4.69, 9.17) is 4.74 Å². The van der Waals surface area contributed by atoms with E-state index in [-0.39, 0.29) is 5.91 Å². The molecule has 0 atom stereocenters. The van der Waals surface area contributed by atoms with E-state index in [0.717, 1.165) is 12.8 Å². The molecule has 0 aliphatic heterocycles. The second-order valence-corrected chi connectivity index (χ2v) is 4.51. The van der Waals surface area contributed by atoms with Gasteiger partial charge in [-0.25, -0.2) is 0 Å². The van der Waals surface area contributed by atoms with Crippen LogP contribution in [0.15, 0.2) is 0 Å². The highest BCUT2D eigenvalue weighted by atomic mass is 16.5. The molecule has 0 aromatic heterocycles. The molecule has 4 nitrogen and oxygen atoms in total. The lowest BCUT2D eigenvalue weighted by Gasteiger charge is -2.25. The van der Waals surface area contributed by atoms with Gasteiger partial charge in [0.25, 0.3) is 0 Å². The molecular weight excluding hydrogens is 194 g/mol. The quantitative estimate of drug-likeness (QED) is 0.648. The van der Waals surface area contributed by atoms with Gasteiger partial charge in [-0.15, -0.1) is 0 Å². The zero-order valence-corrected chi connectivity index (χ0v) is 10.2. The molecule has 0 radical (unpaired) electrons. The van der Waals surface area contributed by atoms with Crippen LogP contribution < -0.4 is 0 Å². The van der Waals surface area contributed by atoms with Crippen LogP contribution in [0.5, 0.6) is 0 Å². The standard InChI is InChI=1S/C11H23NO3/c1-11(2,14)9-12(3)10(13)7-5-6-8-15-4/h14H,5-9H2,1-4H3. The lowest BCUT2D eigenvalue weighted by molar-refractivity contribution is -0.132. The van der Waals surface area contributed by atoms with Crippen molar-refractivity contribution in [3.63, 3.8) is 0 Å². The summed E-state index contributed by atoms with van der Waals surface area (Å²) in [4.78, 5) is 13.1. The average Bonchev–Trinajstić information content (AvgIpc) is 2.09. The molecule has 1 N–H and O–H groups in total. The normalized spacial score (nSPS) is 11.5. The summed E-state index contributed by atoms with van der Waals surface area (Å²) in [6, 6.07) is 0. The first-order valence-electron chi connectivity index (χ1n) is 5.32. The third kappa shape index (κ3) is 8.39. The first-order chi connectivity index (χ1) is 6.87. The Labute approximate surface area is 92.2 Å². The lowest BCUT2D eigenvalue weighted by atomic mass is 10.1. The number of amides is 1. The Bertz CT molecular complexity index is 187. The van der Waals surface area contributed by atoms with Gasteiger partial charge in [0.15, 0.2) is 0 Å². The molecule has 0 heterocycles. The van der Waals surface area contributed by atoms with E-state index < -0.39 is 5.60 Å². The van der Waals surface area contributed by atoms with Crippen LogP contribution in [0.4, 0.5) is 0 Å². The Morgan fingerprint density at radius 3 is 2.47 bits per heavy atom. The number of carbonyl (C=O) groups excluding carboxylic acids is 1. The molecule has 0 aliphatic carbocycles. The van der Waals surface area contributed by atoms with Crippen LogP contribution in [0, 0.1) is 0 Å². The Balaban J connectivity index is 3.70. The topological polar surface area (TPSA) is 49.8 Å². The molecule has 0 saturated heterocycles. The second kappa shape index (κ2) is 6.80. The maximum Gasteiger partial charge on any atom is 0.222 e. The number of hydrogen-bond donors (Lipinski definition) is 1. The molecule has 15 heavy (non-hydrogen) atoms. The molecule has 90 valence electrons. The van der Waals surface area contributed by atoms with Crippen LogP contribution >= 0.6 is 0 Å². The van der Waals surface area contributed by atoms with Gasteiger partial charge in [0.1, 0.15) is 0 Å². The van der Waals surface area contributed by atoms with Crippen molar-refractivity contribution in [3.05, 3.63) is 0 Å². The van der Waals surface area contributed by atoms with Crippen LogP contribution in [-0.2, 0) is 9.53 Å². The second-order valence-electron chi connectivity index (χ2n) is 4.51. The van der Waals surface area contributed by atoms with Gasteiger partial charge in [0.2, 0.25) is 5.91 Å². The SMILES string of the molecule is COCCCCC(=O)N(C)CC(C)(C)O. The molecule has 0 rings (SSSR count). The van der Waals surface area contributed by atoms with Crippen LogP contribution in [0.25, 0.3) is 0 Å². The molecule has 4 heteroatoms. The van der Waals surface area contributed by atoms with Crippen molar-refractivity contribution in [2.24, 2.45) is 0 Å². The van der Waals surface area contributed by atoms with Crippen LogP contribution in [0.2, 0.25) is 0 Å². The summed E-state index contributed by atoms with van der Waals surface area (Å²) in [5.74, 6) is 0.0771. The number of rotatable bonds is 7. The lowest BCUT2D eigenvalue weighted by Crippen LogP contribution is -2.39. The van der Waals surface area contributed by atoms with E-state index >= 15 is 0 Å². The first kappa shape index (κ1) is 14.4. The highest BCUT2D eigenvalue weighted by molar-refractivity contribution is 5.75. The number of ether oxygens (including phenoxy) is 1. The fraction of sp³-hybridized carbons (Fsp3) is 0.909. The number of likely N-dealkylation sites (N-methyl/N-ethyl adjacent to an activating group) is 1. The Hall–Kier alpha value is -0.610. The summed E-state index contributed by atoms with van der Waals surface area (Å²) in [6.07, 6.45) is 2.26. The van der Waals surface area contributed by atoms with Crippen LogP contribution in [0.3, 0.4) is 0 Å². The largest absolute Gasteiger partial charge is 0.389 e. The van der Waals surface area contributed by atoms with Crippen molar-refractivity contribution >= 4 is 5.91 Å². The maximum absolute atomic E-state index is 11.6.